The van der Waals surface area contributed by atoms with Crippen LogP contribution in [0.3, 0.4) is 0 Å². The SMILES string of the molecule is Cc1nc(C=CC(=O)O)ccc1OCc1ccccc1. The van der Waals surface area contributed by atoms with Crippen molar-refractivity contribution < 1.29 is 14.6 Å². The van der Waals surface area contributed by atoms with E-state index in [-0.39, 0.29) is 0 Å². The molecular formula is C16H15NO3. The predicted octanol–water partition coefficient (Wildman–Crippen LogP) is 3.07. The smallest absolute Gasteiger partial charge is 0.328 e. The van der Waals surface area contributed by atoms with E-state index in [1.54, 1.807) is 12.1 Å². The van der Waals surface area contributed by atoms with Gasteiger partial charge in [0.1, 0.15) is 12.4 Å². The summed E-state index contributed by atoms with van der Waals surface area (Å²) < 4.78 is 5.70. The lowest BCUT2D eigenvalue weighted by molar-refractivity contribution is -0.131. The quantitative estimate of drug-likeness (QED) is 0.847. The van der Waals surface area contributed by atoms with Crippen molar-refractivity contribution in [3.8, 4) is 5.75 Å². The zero-order valence-corrected chi connectivity index (χ0v) is 11.1. The molecule has 0 bridgehead atoms. The van der Waals surface area contributed by atoms with Gasteiger partial charge in [-0.2, -0.15) is 0 Å². The monoisotopic (exact) mass is 269 g/mol. The normalized spacial score (nSPS) is 10.7. The Kier molecular flexibility index (Phi) is 4.50. The Morgan fingerprint density at radius 1 is 1.25 bits per heavy atom. The van der Waals surface area contributed by atoms with Gasteiger partial charge in [-0.15, -0.1) is 0 Å². The van der Waals surface area contributed by atoms with Gasteiger partial charge >= 0.3 is 5.97 Å². The van der Waals surface area contributed by atoms with Gasteiger partial charge in [0.15, 0.2) is 0 Å². The first kappa shape index (κ1) is 13.8. The number of aromatic nitrogens is 1. The van der Waals surface area contributed by atoms with Gasteiger partial charge in [-0.25, -0.2) is 9.78 Å². The molecule has 1 aromatic carbocycles. The number of aliphatic carboxylic acids is 1. The largest absolute Gasteiger partial charge is 0.487 e. The molecule has 0 aliphatic rings. The molecule has 1 heterocycles. The number of benzene rings is 1. The Hall–Kier alpha value is -2.62. The van der Waals surface area contributed by atoms with Gasteiger partial charge in [-0.3, -0.25) is 0 Å². The Labute approximate surface area is 117 Å². The first-order chi connectivity index (χ1) is 9.65. The van der Waals surface area contributed by atoms with Crippen molar-refractivity contribution in [2.75, 3.05) is 0 Å². The van der Waals surface area contributed by atoms with Crippen LogP contribution >= 0.6 is 0 Å². The molecule has 0 saturated heterocycles. The van der Waals surface area contributed by atoms with Gasteiger partial charge < -0.3 is 9.84 Å². The van der Waals surface area contributed by atoms with E-state index in [2.05, 4.69) is 4.98 Å². The van der Waals surface area contributed by atoms with Gasteiger partial charge in [0.2, 0.25) is 0 Å². The first-order valence-corrected chi connectivity index (χ1v) is 6.20. The summed E-state index contributed by atoms with van der Waals surface area (Å²) in [6.45, 7) is 2.31. The Balaban J connectivity index is 2.04. The topological polar surface area (TPSA) is 59.4 Å². The van der Waals surface area contributed by atoms with E-state index < -0.39 is 5.97 Å². The van der Waals surface area contributed by atoms with Crippen LogP contribution in [0.25, 0.3) is 6.08 Å². The van der Waals surface area contributed by atoms with Crippen molar-refractivity contribution in [3.05, 3.63) is 65.5 Å². The lowest BCUT2D eigenvalue weighted by Gasteiger charge is -2.09. The predicted molar refractivity (Wildman–Crippen MR) is 76.4 cm³/mol. The number of carbonyl (C=O) groups is 1. The summed E-state index contributed by atoms with van der Waals surface area (Å²) in [7, 11) is 0. The molecule has 0 radical (unpaired) electrons. The van der Waals surface area contributed by atoms with Crippen molar-refractivity contribution in [3.63, 3.8) is 0 Å². The zero-order valence-electron chi connectivity index (χ0n) is 11.1. The molecule has 2 rings (SSSR count). The fourth-order valence-corrected chi connectivity index (χ4v) is 1.71. The number of aryl methyl sites for hydroxylation is 1. The van der Waals surface area contributed by atoms with Gasteiger partial charge in [0.05, 0.1) is 11.4 Å². The summed E-state index contributed by atoms with van der Waals surface area (Å²) in [6.07, 6.45) is 2.52. The van der Waals surface area contributed by atoms with E-state index >= 15 is 0 Å². The number of rotatable bonds is 5. The number of hydrogen-bond acceptors (Lipinski definition) is 3. The molecule has 20 heavy (non-hydrogen) atoms. The summed E-state index contributed by atoms with van der Waals surface area (Å²) in [4.78, 5) is 14.7. The van der Waals surface area contributed by atoms with Crippen molar-refractivity contribution >= 4 is 12.0 Å². The highest BCUT2D eigenvalue weighted by Gasteiger charge is 2.02. The van der Waals surface area contributed by atoms with Crippen LogP contribution in [0.1, 0.15) is 17.0 Å². The van der Waals surface area contributed by atoms with Crippen LogP contribution in [-0.4, -0.2) is 16.1 Å². The molecule has 0 aliphatic heterocycles. The Morgan fingerprint density at radius 3 is 2.65 bits per heavy atom. The van der Waals surface area contributed by atoms with Crippen molar-refractivity contribution in [1.29, 1.82) is 0 Å². The minimum absolute atomic E-state index is 0.480. The zero-order chi connectivity index (χ0) is 14.4. The minimum atomic E-state index is -0.992. The number of carboxylic acids is 1. The second-order valence-corrected chi connectivity index (χ2v) is 4.27. The van der Waals surface area contributed by atoms with Crippen LogP contribution in [0, 0.1) is 6.92 Å². The highest BCUT2D eigenvalue weighted by Crippen LogP contribution is 2.18. The van der Waals surface area contributed by atoms with Crippen LogP contribution in [0.5, 0.6) is 5.75 Å². The molecule has 0 saturated carbocycles. The number of nitrogens with zero attached hydrogens (tertiary/aromatic N) is 1. The summed E-state index contributed by atoms with van der Waals surface area (Å²) in [5.41, 5.74) is 2.41. The molecule has 1 aromatic heterocycles. The molecule has 0 fully saturated rings. The number of ether oxygens (including phenoxy) is 1. The van der Waals surface area contributed by atoms with E-state index in [1.807, 2.05) is 37.3 Å². The van der Waals surface area contributed by atoms with Crippen molar-refractivity contribution in [1.82, 2.24) is 4.98 Å². The van der Waals surface area contributed by atoms with Crippen LogP contribution in [0.15, 0.2) is 48.5 Å². The lowest BCUT2D eigenvalue weighted by atomic mass is 10.2. The fourth-order valence-electron chi connectivity index (χ4n) is 1.71. The Bertz CT molecular complexity index is 621. The van der Waals surface area contributed by atoms with Gasteiger partial charge in [0.25, 0.3) is 0 Å². The van der Waals surface area contributed by atoms with Crippen molar-refractivity contribution in [2.45, 2.75) is 13.5 Å². The fraction of sp³-hybridized carbons (Fsp3) is 0.125. The lowest BCUT2D eigenvalue weighted by Crippen LogP contribution is -1.99. The number of carboxylic acid groups (broad SMARTS) is 1. The number of pyridine rings is 1. The summed E-state index contributed by atoms with van der Waals surface area (Å²) in [6, 6.07) is 13.4. The van der Waals surface area contributed by atoms with E-state index in [0.717, 1.165) is 17.3 Å². The first-order valence-electron chi connectivity index (χ1n) is 6.20. The summed E-state index contributed by atoms with van der Waals surface area (Å²) in [5, 5.41) is 8.57. The van der Waals surface area contributed by atoms with Crippen LogP contribution in [0.2, 0.25) is 0 Å². The Morgan fingerprint density at radius 2 is 2.00 bits per heavy atom. The average molecular weight is 269 g/mol. The molecular weight excluding hydrogens is 254 g/mol. The molecule has 102 valence electrons. The molecule has 0 atom stereocenters. The van der Waals surface area contributed by atoms with Gasteiger partial charge in [0, 0.05) is 6.08 Å². The maximum Gasteiger partial charge on any atom is 0.328 e. The second-order valence-electron chi connectivity index (χ2n) is 4.27. The minimum Gasteiger partial charge on any atom is -0.487 e. The van der Waals surface area contributed by atoms with Crippen molar-refractivity contribution in [2.24, 2.45) is 0 Å². The number of hydrogen-bond donors (Lipinski definition) is 1. The summed E-state index contributed by atoms with van der Waals surface area (Å²) in [5.74, 6) is -0.296. The molecule has 0 unspecified atom stereocenters. The average Bonchev–Trinajstić information content (AvgIpc) is 2.45. The third-order valence-corrected chi connectivity index (χ3v) is 2.69. The van der Waals surface area contributed by atoms with Crippen LogP contribution in [0.4, 0.5) is 0 Å². The second kappa shape index (κ2) is 6.52. The maximum absolute atomic E-state index is 10.4. The van der Waals surface area contributed by atoms with Gasteiger partial charge in [-0.05, 0) is 30.7 Å². The molecule has 0 amide bonds. The van der Waals surface area contributed by atoms with Crippen LogP contribution in [-0.2, 0) is 11.4 Å². The summed E-state index contributed by atoms with van der Waals surface area (Å²) >= 11 is 0. The molecule has 0 aliphatic carbocycles. The third kappa shape index (κ3) is 3.95. The van der Waals surface area contributed by atoms with Crippen LogP contribution < -0.4 is 4.74 Å². The van der Waals surface area contributed by atoms with Gasteiger partial charge in [-0.1, -0.05) is 30.3 Å². The third-order valence-electron chi connectivity index (χ3n) is 2.69. The highest BCUT2D eigenvalue weighted by atomic mass is 16.5. The van der Waals surface area contributed by atoms with E-state index in [1.165, 1.54) is 6.08 Å². The molecule has 2 aromatic rings. The van der Waals surface area contributed by atoms with E-state index in [0.29, 0.717) is 18.1 Å². The molecule has 4 nitrogen and oxygen atoms in total. The standard InChI is InChI=1S/C16H15NO3/c1-12-15(20-11-13-5-3-2-4-6-13)9-7-14(17-12)8-10-16(18)19/h2-10H,11H2,1H3,(H,18,19). The molecule has 4 heteroatoms. The van der Waals surface area contributed by atoms with E-state index in [9.17, 15) is 4.79 Å². The maximum atomic E-state index is 10.4. The molecule has 0 spiro atoms. The highest BCUT2D eigenvalue weighted by molar-refractivity contribution is 5.84. The molecule has 1 N–H and O–H groups in total. The van der Waals surface area contributed by atoms with E-state index in [4.69, 9.17) is 9.84 Å².